The molecule has 1 rings (SSSR count). The zero-order valence-corrected chi connectivity index (χ0v) is 9.92. The van der Waals surface area contributed by atoms with Crippen LogP contribution in [0.15, 0.2) is 0 Å². The van der Waals surface area contributed by atoms with Crippen LogP contribution in [0.5, 0.6) is 0 Å². The van der Waals surface area contributed by atoms with Crippen molar-refractivity contribution < 1.29 is 4.74 Å². The number of nitrogens with one attached hydrogen (secondary N) is 1. The van der Waals surface area contributed by atoms with Gasteiger partial charge in [0.1, 0.15) is 0 Å². The molecule has 0 spiro atoms. The SMILES string of the molecule is CCNC(C)CN(C)C1CCOC1C. The second kappa shape index (κ2) is 5.69. The van der Waals surface area contributed by atoms with Crippen LogP contribution in [-0.4, -0.2) is 49.8 Å². The average molecular weight is 200 g/mol. The maximum atomic E-state index is 5.57. The Bertz CT molecular complexity index is 163. The van der Waals surface area contributed by atoms with Crippen LogP contribution >= 0.6 is 0 Å². The molecule has 0 amide bonds. The van der Waals surface area contributed by atoms with Crippen molar-refractivity contribution in [3.05, 3.63) is 0 Å². The fourth-order valence-corrected chi connectivity index (χ4v) is 2.28. The fraction of sp³-hybridized carbons (Fsp3) is 1.00. The van der Waals surface area contributed by atoms with E-state index in [9.17, 15) is 0 Å². The van der Waals surface area contributed by atoms with Crippen molar-refractivity contribution in [2.75, 3.05) is 26.7 Å². The zero-order valence-electron chi connectivity index (χ0n) is 9.92. The molecule has 1 N–H and O–H groups in total. The van der Waals surface area contributed by atoms with E-state index >= 15 is 0 Å². The van der Waals surface area contributed by atoms with Crippen LogP contribution in [0.1, 0.15) is 27.2 Å². The van der Waals surface area contributed by atoms with E-state index in [4.69, 9.17) is 4.74 Å². The van der Waals surface area contributed by atoms with Crippen molar-refractivity contribution in [3.8, 4) is 0 Å². The predicted octanol–water partition coefficient (Wildman–Crippen LogP) is 1.09. The van der Waals surface area contributed by atoms with Gasteiger partial charge in [-0.15, -0.1) is 0 Å². The topological polar surface area (TPSA) is 24.5 Å². The maximum absolute atomic E-state index is 5.57. The van der Waals surface area contributed by atoms with Crippen molar-refractivity contribution in [3.63, 3.8) is 0 Å². The van der Waals surface area contributed by atoms with Crippen LogP contribution in [0.25, 0.3) is 0 Å². The van der Waals surface area contributed by atoms with E-state index in [1.165, 1.54) is 6.42 Å². The number of ether oxygens (including phenoxy) is 1. The summed E-state index contributed by atoms with van der Waals surface area (Å²) in [5, 5.41) is 3.43. The summed E-state index contributed by atoms with van der Waals surface area (Å²) in [6, 6.07) is 1.17. The van der Waals surface area contributed by atoms with Gasteiger partial charge in [-0.2, -0.15) is 0 Å². The number of hydrogen-bond donors (Lipinski definition) is 1. The Labute approximate surface area is 87.8 Å². The van der Waals surface area contributed by atoms with Crippen molar-refractivity contribution >= 4 is 0 Å². The first-order valence-electron chi connectivity index (χ1n) is 5.70. The van der Waals surface area contributed by atoms with Gasteiger partial charge in [0.25, 0.3) is 0 Å². The minimum Gasteiger partial charge on any atom is -0.377 e. The summed E-state index contributed by atoms with van der Waals surface area (Å²) in [4.78, 5) is 2.42. The summed E-state index contributed by atoms with van der Waals surface area (Å²) in [6.45, 7) is 9.63. The van der Waals surface area contributed by atoms with Crippen LogP contribution < -0.4 is 5.32 Å². The van der Waals surface area contributed by atoms with E-state index in [2.05, 4.69) is 38.0 Å². The molecule has 0 aromatic carbocycles. The Hall–Kier alpha value is -0.120. The molecule has 3 nitrogen and oxygen atoms in total. The molecule has 1 aliphatic rings. The van der Waals surface area contributed by atoms with Crippen molar-refractivity contribution in [1.29, 1.82) is 0 Å². The largest absolute Gasteiger partial charge is 0.377 e. The summed E-state index contributed by atoms with van der Waals surface area (Å²) >= 11 is 0. The lowest BCUT2D eigenvalue weighted by molar-refractivity contribution is 0.0811. The summed E-state index contributed by atoms with van der Waals surface area (Å²) < 4.78 is 5.57. The van der Waals surface area contributed by atoms with Gasteiger partial charge in [0.05, 0.1) is 6.10 Å². The van der Waals surface area contributed by atoms with Gasteiger partial charge >= 0.3 is 0 Å². The smallest absolute Gasteiger partial charge is 0.0702 e. The molecule has 1 saturated heterocycles. The first-order valence-corrected chi connectivity index (χ1v) is 5.70. The highest BCUT2D eigenvalue weighted by molar-refractivity contribution is 4.82. The van der Waals surface area contributed by atoms with E-state index in [1.807, 2.05) is 0 Å². The highest BCUT2D eigenvalue weighted by atomic mass is 16.5. The van der Waals surface area contributed by atoms with E-state index in [0.717, 1.165) is 19.7 Å². The van der Waals surface area contributed by atoms with Crippen molar-refractivity contribution in [2.24, 2.45) is 0 Å². The number of likely N-dealkylation sites (N-methyl/N-ethyl adjacent to an activating group) is 2. The van der Waals surface area contributed by atoms with Gasteiger partial charge in [-0.25, -0.2) is 0 Å². The highest BCUT2D eigenvalue weighted by Crippen LogP contribution is 2.18. The molecule has 14 heavy (non-hydrogen) atoms. The lowest BCUT2D eigenvalue weighted by atomic mass is 10.1. The predicted molar refractivity (Wildman–Crippen MR) is 59.6 cm³/mol. The van der Waals surface area contributed by atoms with Gasteiger partial charge in [0, 0.05) is 25.2 Å². The summed E-state index contributed by atoms with van der Waals surface area (Å²) in [6.07, 6.45) is 1.57. The second-order valence-electron chi connectivity index (χ2n) is 4.33. The van der Waals surface area contributed by atoms with Crippen molar-refractivity contribution in [2.45, 2.75) is 45.4 Å². The number of nitrogens with zero attached hydrogens (tertiary/aromatic N) is 1. The van der Waals surface area contributed by atoms with Crippen LogP contribution in [0, 0.1) is 0 Å². The van der Waals surface area contributed by atoms with Crippen molar-refractivity contribution in [1.82, 2.24) is 10.2 Å². The normalized spacial score (nSPS) is 29.8. The molecule has 0 aromatic rings. The molecule has 0 aliphatic carbocycles. The molecule has 0 bridgehead atoms. The molecule has 0 radical (unpaired) electrons. The molecule has 1 aliphatic heterocycles. The van der Waals surface area contributed by atoms with E-state index in [0.29, 0.717) is 18.2 Å². The molecular formula is C11H24N2O. The molecule has 1 heterocycles. The van der Waals surface area contributed by atoms with Gasteiger partial charge in [-0.05, 0) is 33.9 Å². The van der Waals surface area contributed by atoms with Gasteiger partial charge < -0.3 is 10.1 Å². The minimum atomic E-state index is 0.397. The number of hydrogen-bond acceptors (Lipinski definition) is 3. The number of rotatable bonds is 5. The van der Waals surface area contributed by atoms with Gasteiger partial charge in [0.2, 0.25) is 0 Å². The maximum Gasteiger partial charge on any atom is 0.0702 e. The Balaban J connectivity index is 2.29. The first kappa shape index (κ1) is 12.0. The third-order valence-corrected chi connectivity index (χ3v) is 3.02. The second-order valence-corrected chi connectivity index (χ2v) is 4.33. The Morgan fingerprint density at radius 2 is 2.29 bits per heavy atom. The van der Waals surface area contributed by atoms with Gasteiger partial charge in [-0.3, -0.25) is 4.90 Å². The third-order valence-electron chi connectivity index (χ3n) is 3.02. The lowest BCUT2D eigenvalue weighted by Gasteiger charge is -2.29. The standard InChI is InChI=1S/C11H24N2O/c1-5-12-9(2)8-13(4)11-6-7-14-10(11)3/h9-12H,5-8H2,1-4H3. The molecule has 3 heteroatoms. The average Bonchev–Trinajstić information content (AvgIpc) is 2.51. The van der Waals surface area contributed by atoms with Crippen LogP contribution in [-0.2, 0) is 4.74 Å². The minimum absolute atomic E-state index is 0.397. The molecule has 0 aromatic heterocycles. The van der Waals surface area contributed by atoms with E-state index in [-0.39, 0.29) is 0 Å². The highest BCUT2D eigenvalue weighted by Gasteiger charge is 2.28. The Morgan fingerprint density at radius 1 is 1.57 bits per heavy atom. The zero-order chi connectivity index (χ0) is 10.6. The van der Waals surface area contributed by atoms with Gasteiger partial charge in [0.15, 0.2) is 0 Å². The van der Waals surface area contributed by atoms with E-state index < -0.39 is 0 Å². The molecular weight excluding hydrogens is 176 g/mol. The van der Waals surface area contributed by atoms with Gasteiger partial charge in [-0.1, -0.05) is 6.92 Å². The third kappa shape index (κ3) is 3.23. The summed E-state index contributed by atoms with van der Waals surface area (Å²) in [5.41, 5.74) is 0. The van der Waals surface area contributed by atoms with Crippen LogP contribution in [0.2, 0.25) is 0 Å². The quantitative estimate of drug-likeness (QED) is 0.719. The Kier molecular flexibility index (Phi) is 4.85. The molecule has 84 valence electrons. The van der Waals surface area contributed by atoms with Crippen LogP contribution in [0.3, 0.4) is 0 Å². The van der Waals surface area contributed by atoms with Crippen LogP contribution in [0.4, 0.5) is 0 Å². The summed E-state index contributed by atoms with van der Waals surface area (Å²) in [7, 11) is 2.20. The van der Waals surface area contributed by atoms with E-state index in [1.54, 1.807) is 0 Å². The molecule has 0 saturated carbocycles. The summed E-state index contributed by atoms with van der Waals surface area (Å²) in [5.74, 6) is 0. The molecule has 1 fully saturated rings. The lowest BCUT2D eigenvalue weighted by Crippen LogP contribution is -2.44. The molecule has 3 atom stereocenters. The monoisotopic (exact) mass is 200 g/mol. The fourth-order valence-electron chi connectivity index (χ4n) is 2.28. The molecule has 3 unspecified atom stereocenters. The Morgan fingerprint density at radius 3 is 2.79 bits per heavy atom. The first-order chi connectivity index (χ1) is 6.65.